The molecule has 1 aromatic carbocycles. The Labute approximate surface area is 114 Å². The highest BCUT2D eigenvalue weighted by molar-refractivity contribution is 5.96. The molecule has 0 saturated heterocycles. The zero-order valence-electron chi connectivity index (χ0n) is 11.6. The highest BCUT2D eigenvalue weighted by Gasteiger charge is 2.15. The Morgan fingerprint density at radius 2 is 2.21 bits per heavy atom. The maximum absolute atomic E-state index is 12.3. The molecule has 1 N–H and O–H groups in total. The summed E-state index contributed by atoms with van der Waals surface area (Å²) >= 11 is 0. The highest BCUT2D eigenvalue weighted by atomic mass is 16.5. The second kappa shape index (κ2) is 7.57. The molecular formula is C15H19NO3. The van der Waals surface area contributed by atoms with E-state index >= 15 is 0 Å². The second-order valence-electron chi connectivity index (χ2n) is 4.23. The molecule has 19 heavy (non-hydrogen) atoms. The number of benzene rings is 1. The number of hydrogen-bond donors (Lipinski definition) is 1. The summed E-state index contributed by atoms with van der Waals surface area (Å²) < 4.78 is 4.96. The van der Waals surface area contributed by atoms with E-state index in [1.165, 1.54) is 0 Å². The van der Waals surface area contributed by atoms with Crippen molar-refractivity contribution in [1.82, 2.24) is 4.90 Å². The SMILES string of the molecule is COCCN(C)C(=O)c1cc(C)ccc1C#CCO. The number of rotatable bonds is 4. The lowest BCUT2D eigenvalue weighted by Crippen LogP contribution is -2.30. The third-order valence-corrected chi connectivity index (χ3v) is 2.69. The fraction of sp³-hybridized carbons (Fsp3) is 0.400. The molecular weight excluding hydrogens is 242 g/mol. The number of carbonyl (C=O) groups is 1. The highest BCUT2D eigenvalue weighted by Crippen LogP contribution is 2.13. The summed E-state index contributed by atoms with van der Waals surface area (Å²) in [4.78, 5) is 13.9. The van der Waals surface area contributed by atoms with Gasteiger partial charge in [0.05, 0.1) is 12.2 Å². The number of amides is 1. The first-order chi connectivity index (χ1) is 9.10. The average Bonchev–Trinajstić information content (AvgIpc) is 2.42. The summed E-state index contributed by atoms with van der Waals surface area (Å²) in [5, 5.41) is 8.75. The Balaban J connectivity index is 3.03. The number of hydrogen-bond acceptors (Lipinski definition) is 3. The van der Waals surface area contributed by atoms with Gasteiger partial charge in [-0.05, 0) is 19.1 Å². The first kappa shape index (κ1) is 15.2. The molecule has 0 unspecified atom stereocenters. The number of ether oxygens (including phenoxy) is 1. The van der Waals surface area contributed by atoms with Crippen LogP contribution in [0.3, 0.4) is 0 Å². The summed E-state index contributed by atoms with van der Waals surface area (Å²) in [5.41, 5.74) is 2.19. The van der Waals surface area contributed by atoms with Crippen molar-refractivity contribution < 1.29 is 14.6 Å². The molecule has 0 radical (unpaired) electrons. The van der Waals surface area contributed by atoms with E-state index in [2.05, 4.69) is 11.8 Å². The van der Waals surface area contributed by atoms with E-state index in [1.807, 2.05) is 19.1 Å². The minimum Gasteiger partial charge on any atom is -0.384 e. The maximum Gasteiger partial charge on any atom is 0.254 e. The van der Waals surface area contributed by atoms with Gasteiger partial charge in [-0.25, -0.2) is 0 Å². The average molecular weight is 261 g/mol. The van der Waals surface area contributed by atoms with Gasteiger partial charge in [0.25, 0.3) is 5.91 Å². The third-order valence-electron chi connectivity index (χ3n) is 2.69. The fourth-order valence-electron chi connectivity index (χ4n) is 1.61. The van der Waals surface area contributed by atoms with Crippen molar-refractivity contribution in [3.63, 3.8) is 0 Å². The lowest BCUT2D eigenvalue weighted by Gasteiger charge is -2.17. The monoisotopic (exact) mass is 261 g/mol. The van der Waals surface area contributed by atoms with Crippen molar-refractivity contribution in [3.8, 4) is 11.8 Å². The minimum atomic E-state index is -0.221. The van der Waals surface area contributed by atoms with Crippen LogP contribution in [-0.2, 0) is 4.74 Å². The van der Waals surface area contributed by atoms with Crippen molar-refractivity contribution in [2.24, 2.45) is 0 Å². The van der Waals surface area contributed by atoms with Crippen LogP contribution in [0.2, 0.25) is 0 Å². The number of carbonyl (C=O) groups excluding carboxylic acids is 1. The van der Waals surface area contributed by atoms with E-state index in [0.717, 1.165) is 5.56 Å². The van der Waals surface area contributed by atoms with Crippen molar-refractivity contribution in [2.45, 2.75) is 6.92 Å². The number of methoxy groups -OCH3 is 1. The Bertz CT molecular complexity index is 500. The van der Waals surface area contributed by atoms with E-state index in [1.54, 1.807) is 25.1 Å². The van der Waals surface area contributed by atoms with Crippen molar-refractivity contribution in [2.75, 3.05) is 33.9 Å². The van der Waals surface area contributed by atoms with Gasteiger partial charge in [-0.2, -0.15) is 0 Å². The first-order valence-corrected chi connectivity index (χ1v) is 6.05. The quantitative estimate of drug-likeness (QED) is 0.824. The van der Waals surface area contributed by atoms with Gasteiger partial charge in [-0.3, -0.25) is 4.79 Å². The summed E-state index contributed by atoms with van der Waals surface area (Å²) in [5.74, 6) is 5.28. The Hall–Kier alpha value is -1.83. The molecule has 0 bridgehead atoms. The Morgan fingerprint density at radius 3 is 2.84 bits per heavy atom. The van der Waals surface area contributed by atoms with Crippen LogP contribution in [0.4, 0.5) is 0 Å². The third kappa shape index (κ3) is 4.40. The molecule has 0 heterocycles. The molecule has 4 nitrogen and oxygen atoms in total. The van der Waals surface area contributed by atoms with E-state index in [-0.39, 0.29) is 12.5 Å². The molecule has 0 aliphatic rings. The molecule has 0 spiro atoms. The van der Waals surface area contributed by atoms with Gasteiger partial charge < -0.3 is 14.7 Å². The van der Waals surface area contributed by atoms with Crippen LogP contribution in [0, 0.1) is 18.8 Å². The maximum atomic E-state index is 12.3. The largest absolute Gasteiger partial charge is 0.384 e. The molecule has 0 atom stereocenters. The number of aliphatic hydroxyl groups excluding tert-OH is 1. The Kier molecular flexibility index (Phi) is 6.07. The van der Waals surface area contributed by atoms with E-state index in [4.69, 9.17) is 9.84 Å². The van der Waals surface area contributed by atoms with Gasteiger partial charge in [0.15, 0.2) is 0 Å². The van der Waals surface area contributed by atoms with Crippen LogP contribution >= 0.6 is 0 Å². The molecule has 102 valence electrons. The predicted molar refractivity (Wildman–Crippen MR) is 74.0 cm³/mol. The molecule has 0 saturated carbocycles. The van der Waals surface area contributed by atoms with Crippen LogP contribution in [0.5, 0.6) is 0 Å². The van der Waals surface area contributed by atoms with Gasteiger partial charge in [0, 0.05) is 26.3 Å². The lowest BCUT2D eigenvalue weighted by molar-refractivity contribution is 0.0744. The number of nitrogens with zero attached hydrogens (tertiary/aromatic N) is 1. The van der Waals surface area contributed by atoms with Crippen molar-refractivity contribution >= 4 is 5.91 Å². The smallest absolute Gasteiger partial charge is 0.254 e. The summed E-state index contributed by atoms with van der Waals surface area (Å²) in [6.45, 7) is 2.72. The van der Waals surface area contributed by atoms with E-state index in [9.17, 15) is 4.79 Å². The second-order valence-corrected chi connectivity index (χ2v) is 4.23. The van der Waals surface area contributed by atoms with Crippen molar-refractivity contribution in [1.29, 1.82) is 0 Å². The topological polar surface area (TPSA) is 49.8 Å². The zero-order chi connectivity index (χ0) is 14.3. The molecule has 0 fully saturated rings. The molecule has 1 rings (SSSR count). The molecule has 0 aliphatic heterocycles. The van der Waals surface area contributed by atoms with Crippen LogP contribution in [0.25, 0.3) is 0 Å². The number of aryl methyl sites for hydroxylation is 1. The Morgan fingerprint density at radius 1 is 1.47 bits per heavy atom. The van der Waals surface area contributed by atoms with Crippen LogP contribution in [0.1, 0.15) is 21.5 Å². The molecule has 0 aliphatic carbocycles. The minimum absolute atomic E-state index is 0.0945. The number of likely N-dealkylation sites (N-methyl/N-ethyl adjacent to an activating group) is 1. The predicted octanol–water partition coefficient (Wildman–Crippen LogP) is 1.06. The molecule has 1 aromatic rings. The van der Waals surface area contributed by atoms with Gasteiger partial charge in [-0.15, -0.1) is 0 Å². The van der Waals surface area contributed by atoms with Gasteiger partial charge in [-0.1, -0.05) is 23.5 Å². The lowest BCUT2D eigenvalue weighted by atomic mass is 10.0. The normalized spacial score (nSPS) is 9.68. The molecule has 4 heteroatoms. The van der Waals surface area contributed by atoms with E-state index < -0.39 is 0 Å². The van der Waals surface area contributed by atoms with Crippen molar-refractivity contribution in [3.05, 3.63) is 34.9 Å². The van der Waals surface area contributed by atoms with Crippen LogP contribution < -0.4 is 0 Å². The number of aliphatic hydroxyl groups is 1. The summed E-state index contributed by atoms with van der Waals surface area (Å²) in [7, 11) is 3.33. The standard InChI is InChI=1S/C15H19NO3/c1-12-6-7-13(5-4-9-17)14(11-12)15(18)16(2)8-10-19-3/h6-7,11,17H,8-10H2,1-3H3. The first-order valence-electron chi connectivity index (χ1n) is 6.05. The van der Waals surface area contributed by atoms with Gasteiger partial charge in [0.1, 0.15) is 6.61 Å². The zero-order valence-corrected chi connectivity index (χ0v) is 11.6. The van der Waals surface area contributed by atoms with Gasteiger partial charge in [0.2, 0.25) is 0 Å². The van der Waals surface area contributed by atoms with E-state index in [0.29, 0.717) is 24.3 Å². The van der Waals surface area contributed by atoms with Crippen LogP contribution in [-0.4, -0.2) is 49.8 Å². The van der Waals surface area contributed by atoms with Gasteiger partial charge >= 0.3 is 0 Å². The summed E-state index contributed by atoms with van der Waals surface area (Å²) in [6.07, 6.45) is 0. The molecule has 1 amide bonds. The van der Waals surface area contributed by atoms with Crippen LogP contribution in [0.15, 0.2) is 18.2 Å². The molecule has 0 aromatic heterocycles. The fourth-order valence-corrected chi connectivity index (χ4v) is 1.61. The summed E-state index contributed by atoms with van der Waals surface area (Å²) in [6, 6.07) is 5.51.